The van der Waals surface area contributed by atoms with Crippen LogP contribution in [0.4, 0.5) is 5.69 Å². The van der Waals surface area contributed by atoms with Gasteiger partial charge in [-0.15, -0.1) is 0 Å². The number of halogens is 1. The number of hydrogen-bond donors (Lipinski definition) is 0. The molecule has 2 rings (SSSR count). The molecule has 0 aliphatic heterocycles. The van der Waals surface area contributed by atoms with Crippen molar-refractivity contribution in [3.63, 3.8) is 0 Å². The average molecular weight is 343 g/mol. The van der Waals surface area contributed by atoms with Crippen LogP contribution in [0.25, 0.3) is 6.08 Å². The van der Waals surface area contributed by atoms with Gasteiger partial charge in [0.2, 0.25) is 5.78 Å². The maximum Gasteiger partial charge on any atom is 0.288 e. The van der Waals surface area contributed by atoms with Gasteiger partial charge in [-0.05, 0) is 29.8 Å². The molecule has 0 spiro atoms. The Bertz CT molecular complexity index is 884. The van der Waals surface area contributed by atoms with Crippen molar-refractivity contribution in [3.05, 3.63) is 74.3 Å². The van der Waals surface area contributed by atoms with Crippen molar-refractivity contribution in [2.45, 2.75) is 0 Å². The summed E-state index contributed by atoms with van der Waals surface area (Å²) in [6, 6.07) is 12.2. The third-order valence-corrected chi connectivity index (χ3v) is 3.49. The highest BCUT2D eigenvalue weighted by molar-refractivity contribution is 6.32. The summed E-state index contributed by atoms with van der Waals surface area (Å²) in [4.78, 5) is 22.7. The Hall–Kier alpha value is -3.17. The quantitative estimate of drug-likeness (QED) is 0.269. The topological polar surface area (TPSA) is 93.2 Å². The van der Waals surface area contributed by atoms with Crippen LogP contribution in [0.15, 0.2) is 48.0 Å². The summed E-state index contributed by atoms with van der Waals surface area (Å²) in [6.45, 7) is 0. The number of Topliss-reactive ketones (excluding diaryl/α,β-unsaturated/α-hetero) is 1. The Morgan fingerprint density at radius 3 is 2.71 bits per heavy atom. The summed E-state index contributed by atoms with van der Waals surface area (Å²) < 4.78 is 5.05. The predicted octanol–water partition coefficient (Wildman–Crippen LogP) is 4.05. The highest BCUT2D eigenvalue weighted by atomic mass is 35.5. The zero-order chi connectivity index (χ0) is 17.7. The predicted molar refractivity (Wildman–Crippen MR) is 89.0 cm³/mol. The van der Waals surface area contributed by atoms with E-state index in [2.05, 4.69) is 0 Å². The molecular weight excluding hydrogens is 332 g/mol. The summed E-state index contributed by atoms with van der Waals surface area (Å²) in [7, 11) is 1.47. The van der Waals surface area contributed by atoms with Gasteiger partial charge in [0.15, 0.2) is 0 Å². The van der Waals surface area contributed by atoms with E-state index in [9.17, 15) is 20.2 Å². The van der Waals surface area contributed by atoms with Crippen LogP contribution in [-0.2, 0) is 0 Å². The first-order valence-electron chi connectivity index (χ1n) is 6.70. The van der Waals surface area contributed by atoms with E-state index in [1.807, 2.05) is 6.07 Å². The lowest BCUT2D eigenvalue weighted by Crippen LogP contribution is -2.02. The lowest BCUT2D eigenvalue weighted by atomic mass is 10.0. The first-order valence-corrected chi connectivity index (χ1v) is 7.08. The van der Waals surface area contributed by atoms with Gasteiger partial charge in [0.05, 0.1) is 12.0 Å². The van der Waals surface area contributed by atoms with Gasteiger partial charge >= 0.3 is 0 Å². The Labute approximate surface area is 142 Å². The Balaban J connectivity index is 2.42. The molecule has 0 unspecified atom stereocenters. The van der Waals surface area contributed by atoms with Gasteiger partial charge in [-0.1, -0.05) is 29.8 Å². The van der Waals surface area contributed by atoms with Gasteiger partial charge in [-0.25, -0.2) is 0 Å². The van der Waals surface area contributed by atoms with Crippen LogP contribution in [0.3, 0.4) is 0 Å². The molecule has 0 aliphatic carbocycles. The number of allylic oxidation sites excluding steroid dienone is 1. The number of methoxy groups -OCH3 is 1. The van der Waals surface area contributed by atoms with E-state index in [0.717, 1.165) is 0 Å². The van der Waals surface area contributed by atoms with Crippen LogP contribution >= 0.6 is 11.6 Å². The second kappa shape index (κ2) is 7.40. The largest absolute Gasteiger partial charge is 0.497 e. The van der Waals surface area contributed by atoms with Crippen LogP contribution in [-0.4, -0.2) is 17.8 Å². The number of benzene rings is 2. The zero-order valence-electron chi connectivity index (χ0n) is 12.5. The summed E-state index contributed by atoms with van der Waals surface area (Å²) in [5.74, 6) is -0.0192. The third-order valence-electron chi connectivity index (χ3n) is 3.17. The molecule has 0 saturated carbocycles. The Kier molecular flexibility index (Phi) is 5.30. The van der Waals surface area contributed by atoms with E-state index in [0.29, 0.717) is 11.3 Å². The number of rotatable bonds is 5. The maximum absolute atomic E-state index is 12.4. The minimum absolute atomic E-state index is 0.0187. The first-order chi connectivity index (χ1) is 11.5. The lowest BCUT2D eigenvalue weighted by molar-refractivity contribution is -0.384. The SMILES string of the molecule is COc1cccc(C(=O)/C(C#N)=C/c2ccc(Cl)c([N+](=O)[O-])c2)c1. The molecule has 0 fully saturated rings. The molecule has 120 valence electrons. The van der Waals surface area contributed by atoms with Crippen molar-refractivity contribution >= 4 is 29.1 Å². The van der Waals surface area contributed by atoms with Crippen LogP contribution in [0.1, 0.15) is 15.9 Å². The fraction of sp³-hybridized carbons (Fsp3) is 0.0588. The highest BCUT2D eigenvalue weighted by Crippen LogP contribution is 2.26. The molecule has 24 heavy (non-hydrogen) atoms. The van der Waals surface area contributed by atoms with E-state index in [4.69, 9.17) is 16.3 Å². The highest BCUT2D eigenvalue weighted by Gasteiger charge is 2.15. The number of nitrogens with zero attached hydrogens (tertiary/aromatic N) is 2. The van der Waals surface area contributed by atoms with Crippen molar-refractivity contribution in [3.8, 4) is 11.8 Å². The number of ether oxygens (including phenoxy) is 1. The monoisotopic (exact) mass is 342 g/mol. The molecule has 0 atom stereocenters. The van der Waals surface area contributed by atoms with Gasteiger partial charge in [0.1, 0.15) is 22.4 Å². The summed E-state index contributed by atoms with van der Waals surface area (Å²) in [5, 5.41) is 20.1. The van der Waals surface area contributed by atoms with Crippen molar-refractivity contribution in [2.24, 2.45) is 0 Å². The van der Waals surface area contributed by atoms with Crippen LogP contribution in [0, 0.1) is 21.4 Å². The van der Waals surface area contributed by atoms with E-state index in [1.54, 1.807) is 18.2 Å². The van der Waals surface area contributed by atoms with Crippen LogP contribution in [0.2, 0.25) is 5.02 Å². The van der Waals surface area contributed by atoms with E-state index in [-0.39, 0.29) is 21.8 Å². The second-order valence-electron chi connectivity index (χ2n) is 4.70. The standard InChI is InChI=1S/C17H11ClN2O4/c1-24-14-4-2-3-12(9-14)17(21)13(10-19)7-11-5-6-15(18)16(8-11)20(22)23/h2-9H,1H3/b13-7+. The third kappa shape index (κ3) is 3.77. The molecule has 0 aromatic heterocycles. The van der Waals surface area contributed by atoms with Crippen LogP contribution in [0.5, 0.6) is 5.75 Å². The molecule has 0 aliphatic rings. The molecule has 0 bridgehead atoms. The minimum atomic E-state index is -0.629. The molecule has 0 heterocycles. The van der Waals surface area contributed by atoms with Crippen molar-refractivity contribution < 1.29 is 14.5 Å². The van der Waals surface area contributed by atoms with Crippen molar-refractivity contribution in [2.75, 3.05) is 7.11 Å². The average Bonchev–Trinajstić information content (AvgIpc) is 2.60. The van der Waals surface area contributed by atoms with Crippen molar-refractivity contribution in [1.82, 2.24) is 0 Å². The Morgan fingerprint density at radius 2 is 2.08 bits per heavy atom. The van der Waals surface area contributed by atoms with Crippen LogP contribution < -0.4 is 4.74 Å². The molecular formula is C17H11ClN2O4. The summed E-state index contributed by atoms with van der Waals surface area (Å²) >= 11 is 5.75. The molecule has 6 nitrogen and oxygen atoms in total. The van der Waals surface area contributed by atoms with Gasteiger partial charge < -0.3 is 4.74 Å². The number of nitro groups is 1. The number of carbonyl (C=O) groups excluding carboxylic acids is 1. The van der Waals surface area contributed by atoms with E-state index < -0.39 is 10.7 Å². The summed E-state index contributed by atoms with van der Waals surface area (Å²) in [5.41, 5.74) is 0.168. The number of carbonyl (C=O) groups is 1. The molecule has 0 radical (unpaired) electrons. The molecule has 0 saturated heterocycles. The van der Waals surface area contributed by atoms with Gasteiger partial charge in [0.25, 0.3) is 5.69 Å². The van der Waals surface area contributed by atoms with E-state index >= 15 is 0 Å². The van der Waals surface area contributed by atoms with E-state index in [1.165, 1.54) is 37.5 Å². The number of nitriles is 1. The number of nitro benzene ring substituents is 1. The second-order valence-corrected chi connectivity index (χ2v) is 5.11. The smallest absolute Gasteiger partial charge is 0.288 e. The summed E-state index contributed by atoms with van der Waals surface area (Å²) in [6.07, 6.45) is 1.28. The number of ketones is 1. The maximum atomic E-state index is 12.4. The van der Waals surface area contributed by atoms with Gasteiger partial charge in [-0.2, -0.15) is 5.26 Å². The Morgan fingerprint density at radius 1 is 1.33 bits per heavy atom. The normalized spacial score (nSPS) is 10.8. The molecule has 7 heteroatoms. The molecule has 2 aromatic carbocycles. The molecule has 0 amide bonds. The fourth-order valence-electron chi connectivity index (χ4n) is 1.99. The fourth-order valence-corrected chi connectivity index (χ4v) is 2.18. The minimum Gasteiger partial charge on any atom is -0.497 e. The molecule has 2 aromatic rings. The van der Waals surface area contributed by atoms with Crippen molar-refractivity contribution in [1.29, 1.82) is 5.26 Å². The lowest BCUT2D eigenvalue weighted by Gasteiger charge is -2.03. The molecule has 0 N–H and O–H groups in total. The first kappa shape index (κ1) is 17.2. The van der Waals surface area contributed by atoms with Gasteiger partial charge in [-0.3, -0.25) is 14.9 Å². The zero-order valence-corrected chi connectivity index (χ0v) is 13.3. The number of hydrogen-bond acceptors (Lipinski definition) is 5. The van der Waals surface area contributed by atoms with Gasteiger partial charge in [0, 0.05) is 11.6 Å².